The molecule has 1 rings (SSSR count). The van der Waals surface area contributed by atoms with Crippen molar-refractivity contribution >= 4 is 24.2 Å². The van der Waals surface area contributed by atoms with E-state index in [1.807, 2.05) is 34.6 Å². The van der Waals surface area contributed by atoms with Gasteiger partial charge < -0.3 is 0 Å². The molecule has 0 radical (unpaired) electrons. The molecule has 1 unspecified atom stereocenters. The average Bonchev–Trinajstić information content (AvgIpc) is 2.15. The van der Waals surface area contributed by atoms with E-state index < -0.39 is 0 Å². The number of carbonyl (C=O) groups is 2. The highest BCUT2D eigenvalue weighted by atomic mass is 32.1. The highest BCUT2D eigenvalue weighted by Gasteiger charge is 2.39. The predicted octanol–water partition coefficient (Wildman–Crippen LogP) is 3.63. The Morgan fingerprint density at radius 3 is 2.44 bits per heavy atom. The third-order valence-corrected chi connectivity index (χ3v) is 2.87. The van der Waals surface area contributed by atoms with Crippen molar-refractivity contribution in [2.75, 3.05) is 5.75 Å². The van der Waals surface area contributed by atoms with Crippen LogP contribution in [0.1, 0.15) is 41.0 Å². The van der Waals surface area contributed by atoms with Crippen molar-refractivity contribution in [3.63, 3.8) is 0 Å². The fourth-order valence-electron chi connectivity index (χ4n) is 2.43. The summed E-state index contributed by atoms with van der Waals surface area (Å²) >= 11 is 3.79. The number of allylic oxidation sites excluding steroid dienone is 4. The molecule has 1 aliphatic rings. The topological polar surface area (TPSA) is 34.1 Å². The molecule has 0 heterocycles. The zero-order valence-electron chi connectivity index (χ0n) is 12.0. The summed E-state index contributed by atoms with van der Waals surface area (Å²) < 4.78 is 0. The maximum Gasteiger partial charge on any atom is 0.163 e. The monoisotopic (exact) mass is 268 g/mol. The highest BCUT2D eigenvalue weighted by molar-refractivity contribution is 7.80. The Labute approximate surface area is 116 Å². The summed E-state index contributed by atoms with van der Waals surface area (Å²) in [5.74, 6) is 1.03. The molecule has 0 aromatic carbocycles. The van der Waals surface area contributed by atoms with Crippen molar-refractivity contribution in [1.29, 1.82) is 0 Å². The molecule has 0 N–H and O–H groups in total. The van der Waals surface area contributed by atoms with Crippen molar-refractivity contribution < 1.29 is 9.59 Å². The van der Waals surface area contributed by atoms with Crippen LogP contribution in [0.25, 0.3) is 0 Å². The quantitative estimate of drug-likeness (QED) is 0.613. The molecular weight excluding hydrogens is 244 g/mol. The zero-order chi connectivity index (χ0) is 14.3. The SMILES string of the molecule is C/C=C/C(=O)C1C(C)=CC(=O)CC1(C)C.CCS. The second kappa shape index (κ2) is 7.57. The largest absolute Gasteiger partial charge is 0.295 e. The molecule has 1 aliphatic carbocycles. The predicted molar refractivity (Wildman–Crippen MR) is 80.0 cm³/mol. The van der Waals surface area contributed by atoms with Crippen LogP contribution in [0.2, 0.25) is 0 Å². The lowest BCUT2D eigenvalue weighted by atomic mass is 9.66. The van der Waals surface area contributed by atoms with Gasteiger partial charge in [0.1, 0.15) is 0 Å². The van der Waals surface area contributed by atoms with Crippen molar-refractivity contribution in [2.45, 2.75) is 41.0 Å². The first-order valence-electron chi connectivity index (χ1n) is 6.28. The Balaban J connectivity index is 0.000000873. The Hall–Kier alpha value is -0.830. The van der Waals surface area contributed by atoms with Gasteiger partial charge >= 0.3 is 0 Å². The Bertz CT molecular complexity index is 365. The van der Waals surface area contributed by atoms with Gasteiger partial charge in [-0.2, -0.15) is 12.6 Å². The molecule has 0 fully saturated rings. The first kappa shape index (κ1) is 17.2. The molecule has 0 amide bonds. The van der Waals surface area contributed by atoms with Crippen LogP contribution >= 0.6 is 12.6 Å². The van der Waals surface area contributed by atoms with Crippen LogP contribution in [0.3, 0.4) is 0 Å². The van der Waals surface area contributed by atoms with E-state index in [-0.39, 0.29) is 22.9 Å². The number of hydrogen-bond acceptors (Lipinski definition) is 3. The maximum atomic E-state index is 11.9. The first-order chi connectivity index (χ1) is 8.30. The second-order valence-corrected chi connectivity index (χ2v) is 5.80. The van der Waals surface area contributed by atoms with Crippen molar-refractivity contribution in [2.24, 2.45) is 11.3 Å². The summed E-state index contributed by atoms with van der Waals surface area (Å²) in [5.41, 5.74) is 0.631. The first-order valence-corrected chi connectivity index (χ1v) is 6.91. The Morgan fingerprint density at radius 2 is 2.06 bits per heavy atom. The minimum Gasteiger partial charge on any atom is -0.295 e. The molecule has 102 valence electrons. The highest BCUT2D eigenvalue weighted by Crippen LogP contribution is 2.40. The standard InChI is InChI=1S/C13H18O2.C2H6S/c1-5-6-11(15)12-9(2)7-10(14)8-13(12,3)4;1-2-3/h5-7,12H,8H2,1-4H3;3H,2H2,1H3/b6-5+;. The van der Waals surface area contributed by atoms with Crippen LogP contribution in [0.5, 0.6) is 0 Å². The number of thiol groups is 1. The van der Waals surface area contributed by atoms with E-state index in [4.69, 9.17) is 0 Å². The lowest BCUT2D eigenvalue weighted by molar-refractivity contribution is -0.123. The summed E-state index contributed by atoms with van der Waals surface area (Å²) in [6, 6.07) is 0. The summed E-state index contributed by atoms with van der Waals surface area (Å²) in [7, 11) is 0. The van der Waals surface area contributed by atoms with Gasteiger partial charge in [0.2, 0.25) is 0 Å². The number of hydrogen-bond donors (Lipinski definition) is 1. The van der Waals surface area contributed by atoms with Crippen molar-refractivity contribution in [1.82, 2.24) is 0 Å². The molecule has 0 saturated carbocycles. The molecule has 0 bridgehead atoms. The van der Waals surface area contributed by atoms with E-state index in [1.165, 1.54) is 0 Å². The van der Waals surface area contributed by atoms with Crippen LogP contribution in [0.4, 0.5) is 0 Å². The molecule has 18 heavy (non-hydrogen) atoms. The summed E-state index contributed by atoms with van der Waals surface area (Å²) in [6.07, 6.45) is 5.41. The van der Waals surface area contributed by atoms with Crippen molar-refractivity contribution in [3.8, 4) is 0 Å². The molecule has 0 aromatic heterocycles. The number of rotatable bonds is 2. The molecule has 2 nitrogen and oxygen atoms in total. The lowest BCUT2D eigenvalue weighted by Crippen LogP contribution is -2.36. The van der Waals surface area contributed by atoms with Crippen molar-refractivity contribution in [3.05, 3.63) is 23.8 Å². The van der Waals surface area contributed by atoms with Gasteiger partial charge in [-0.05, 0) is 37.2 Å². The van der Waals surface area contributed by atoms with Crippen LogP contribution in [0, 0.1) is 11.3 Å². The number of ketones is 2. The van der Waals surface area contributed by atoms with Gasteiger partial charge in [0, 0.05) is 12.3 Å². The van der Waals surface area contributed by atoms with Crippen LogP contribution in [0.15, 0.2) is 23.8 Å². The van der Waals surface area contributed by atoms with Gasteiger partial charge in [0.15, 0.2) is 11.6 Å². The lowest BCUT2D eigenvalue weighted by Gasteiger charge is -2.35. The third-order valence-electron chi connectivity index (χ3n) is 2.87. The normalized spacial score (nSPS) is 22.2. The van der Waals surface area contributed by atoms with Gasteiger partial charge in [-0.3, -0.25) is 9.59 Å². The minimum atomic E-state index is -0.257. The molecule has 0 saturated heterocycles. The minimum absolute atomic E-state index is 0.101. The zero-order valence-corrected chi connectivity index (χ0v) is 12.9. The summed E-state index contributed by atoms with van der Waals surface area (Å²) in [6.45, 7) is 9.65. The molecule has 1 atom stereocenters. The fourth-order valence-corrected chi connectivity index (χ4v) is 2.43. The average molecular weight is 268 g/mol. The second-order valence-electron chi connectivity index (χ2n) is 5.17. The molecular formula is C15H24O2S. The van der Waals surface area contributed by atoms with Crippen LogP contribution in [-0.2, 0) is 9.59 Å². The Morgan fingerprint density at radius 1 is 1.56 bits per heavy atom. The molecule has 3 heteroatoms. The van der Waals surface area contributed by atoms with Gasteiger partial charge in [-0.1, -0.05) is 32.4 Å². The summed E-state index contributed by atoms with van der Waals surface area (Å²) in [4.78, 5) is 23.3. The van der Waals surface area contributed by atoms with E-state index in [1.54, 1.807) is 18.2 Å². The molecule has 0 spiro atoms. The van der Waals surface area contributed by atoms with E-state index in [9.17, 15) is 9.59 Å². The molecule has 0 aliphatic heterocycles. The van der Waals surface area contributed by atoms with Gasteiger partial charge in [-0.15, -0.1) is 0 Å². The summed E-state index contributed by atoms with van der Waals surface area (Å²) in [5, 5.41) is 0. The molecule has 0 aromatic rings. The van der Waals surface area contributed by atoms with E-state index in [0.717, 1.165) is 11.3 Å². The Kier molecular flexibility index (Phi) is 7.22. The van der Waals surface area contributed by atoms with E-state index in [0.29, 0.717) is 6.42 Å². The van der Waals surface area contributed by atoms with E-state index >= 15 is 0 Å². The van der Waals surface area contributed by atoms with E-state index in [2.05, 4.69) is 12.6 Å². The smallest absolute Gasteiger partial charge is 0.163 e. The van der Waals surface area contributed by atoms with Gasteiger partial charge in [-0.25, -0.2) is 0 Å². The third kappa shape index (κ3) is 4.81. The van der Waals surface area contributed by atoms with Crippen LogP contribution in [-0.4, -0.2) is 17.3 Å². The van der Waals surface area contributed by atoms with Gasteiger partial charge in [0.05, 0.1) is 0 Å². The number of carbonyl (C=O) groups excluding carboxylic acids is 2. The maximum absolute atomic E-state index is 11.9. The fraction of sp³-hybridized carbons (Fsp3) is 0.600. The van der Waals surface area contributed by atoms with Crippen LogP contribution < -0.4 is 0 Å². The van der Waals surface area contributed by atoms with Gasteiger partial charge in [0.25, 0.3) is 0 Å².